The Labute approximate surface area is 125 Å². The first-order chi connectivity index (χ1) is 10.2. The molecule has 120 valence electrons. The van der Waals surface area contributed by atoms with Gasteiger partial charge < -0.3 is 15.4 Å². The Kier molecular flexibility index (Phi) is 6.41. The molecule has 1 atom stereocenters. The van der Waals surface area contributed by atoms with Gasteiger partial charge in [0.2, 0.25) is 5.91 Å². The molecule has 2 aliphatic rings. The van der Waals surface area contributed by atoms with Gasteiger partial charge >= 0.3 is 6.03 Å². The van der Waals surface area contributed by atoms with Gasteiger partial charge in [-0.15, -0.1) is 0 Å². The molecule has 1 aliphatic carbocycles. The number of urea groups is 1. The lowest BCUT2D eigenvalue weighted by atomic mass is 10.2. The van der Waals surface area contributed by atoms with Gasteiger partial charge in [0.05, 0.1) is 13.2 Å². The highest BCUT2D eigenvalue weighted by Gasteiger charge is 2.24. The second-order valence-corrected chi connectivity index (χ2v) is 5.82. The van der Waals surface area contributed by atoms with Crippen LogP contribution in [-0.2, 0) is 9.53 Å². The largest absolute Gasteiger partial charge is 0.383 e. The van der Waals surface area contributed by atoms with Gasteiger partial charge in [0.1, 0.15) is 0 Å². The lowest BCUT2D eigenvalue weighted by Gasteiger charge is -2.24. The fourth-order valence-corrected chi connectivity index (χ4v) is 2.50. The fourth-order valence-electron chi connectivity index (χ4n) is 2.50. The van der Waals surface area contributed by atoms with E-state index in [9.17, 15) is 9.59 Å². The lowest BCUT2D eigenvalue weighted by molar-refractivity contribution is -0.121. The van der Waals surface area contributed by atoms with E-state index in [0.717, 1.165) is 32.4 Å². The monoisotopic (exact) mass is 298 g/mol. The average molecular weight is 298 g/mol. The second-order valence-electron chi connectivity index (χ2n) is 5.82. The van der Waals surface area contributed by atoms with Crippen molar-refractivity contribution in [1.82, 2.24) is 20.9 Å². The first-order valence-electron chi connectivity index (χ1n) is 7.72. The molecule has 3 N–H and O–H groups in total. The minimum absolute atomic E-state index is 0.222. The summed E-state index contributed by atoms with van der Waals surface area (Å²) in [6, 6.07) is 0.299. The van der Waals surface area contributed by atoms with Crippen LogP contribution >= 0.6 is 0 Å². The maximum absolute atomic E-state index is 11.9. The van der Waals surface area contributed by atoms with Crippen molar-refractivity contribution >= 4 is 11.9 Å². The van der Waals surface area contributed by atoms with Crippen LogP contribution in [0.4, 0.5) is 4.79 Å². The van der Waals surface area contributed by atoms with Crippen molar-refractivity contribution in [3.63, 3.8) is 0 Å². The molecular formula is C14H26N4O3. The summed E-state index contributed by atoms with van der Waals surface area (Å²) in [4.78, 5) is 25.5. The summed E-state index contributed by atoms with van der Waals surface area (Å²) in [6.07, 6.45) is 4.33. The van der Waals surface area contributed by atoms with E-state index in [1.807, 2.05) is 4.90 Å². The molecule has 0 aromatic rings. The van der Waals surface area contributed by atoms with Gasteiger partial charge in [-0.2, -0.15) is 0 Å². The van der Waals surface area contributed by atoms with E-state index >= 15 is 0 Å². The first kappa shape index (κ1) is 16.2. The fraction of sp³-hybridized carbons (Fsp3) is 0.857. The van der Waals surface area contributed by atoms with Crippen molar-refractivity contribution in [2.75, 3.05) is 39.9 Å². The van der Waals surface area contributed by atoms with Crippen LogP contribution in [0.1, 0.15) is 25.7 Å². The van der Waals surface area contributed by atoms with E-state index in [-0.39, 0.29) is 24.5 Å². The average Bonchev–Trinajstić information content (AvgIpc) is 3.09. The first-order valence-corrected chi connectivity index (χ1v) is 7.72. The topological polar surface area (TPSA) is 82.7 Å². The highest BCUT2D eigenvalue weighted by atomic mass is 16.5. The number of amides is 3. The Hall–Kier alpha value is -1.18. The zero-order chi connectivity index (χ0) is 15.1. The highest BCUT2D eigenvalue weighted by molar-refractivity contribution is 5.95. The molecule has 0 aromatic heterocycles. The molecule has 0 aromatic carbocycles. The highest BCUT2D eigenvalue weighted by Crippen LogP contribution is 2.18. The Morgan fingerprint density at radius 2 is 2.14 bits per heavy atom. The number of carbonyl (C=O) groups excluding carboxylic acids is 2. The number of carbonyl (C=O) groups is 2. The summed E-state index contributed by atoms with van der Waals surface area (Å²) in [7, 11) is 1.65. The molecule has 7 heteroatoms. The van der Waals surface area contributed by atoms with Crippen molar-refractivity contribution in [1.29, 1.82) is 0 Å². The molecular weight excluding hydrogens is 272 g/mol. The quantitative estimate of drug-likeness (QED) is 0.572. The summed E-state index contributed by atoms with van der Waals surface area (Å²) in [5.41, 5.74) is 0. The normalized spacial score (nSPS) is 21.5. The van der Waals surface area contributed by atoms with Gasteiger partial charge in [-0.05, 0) is 32.2 Å². The zero-order valence-electron chi connectivity index (χ0n) is 12.7. The third-order valence-corrected chi connectivity index (χ3v) is 3.79. The Balaban J connectivity index is 1.72. The van der Waals surface area contributed by atoms with E-state index in [4.69, 9.17) is 4.74 Å². The summed E-state index contributed by atoms with van der Waals surface area (Å²) in [5, 5.41) is 8.56. The van der Waals surface area contributed by atoms with E-state index in [1.165, 1.54) is 6.42 Å². The molecule has 2 fully saturated rings. The minimum atomic E-state index is -0.381. The van der Waals surface area contributed by atoms with Gasteiger partial charge in [-0.1, -0.05) is 0 Å². The molecule has 1 saturated carbocycles. The number of hydrogen-bond acceptors (Lipinski definition) is 5. The molecule has 2 rings (SSSR count). The Morgan fingerprint density at radius 1 is 1.33 bits per heavy atom. The minimum Gasteiger partial charge on any atom is -0.383 e. The molecule has 21 heavy (non-hydrogen) atoms. The van der Waals surface area contributed by atoms with Gasteiger partial charge in [0.15, 0.2) is 0 Å². The van der Waals surface area contributed by atoms with Crippen molar-refractivity contribution < 1.29 is 14.3 Å². The number of nitrogens with zero attached hydrogens (tertiary/aromatic N) is 1. The molecule has 3 amide bonds. The number of rotatable bonds is 8. The molecule has 1 saturated heterocycles. The van der Waals surface area contributed by atoms with Gasteiger partial charge in [0, 0.05) is 32.3 Å². The Morgan fingerprint density at radius 3 is 2.76 bits per heavy atom. The Bertz CT molecular complexity index is 354. The lowest BCUT2D eigenvalue weighted by Crippen LogP contribution is -2.48. The molecule has 0 radical (unpaired) electrons. The molecule has 1 heterocycles. The summed E-state index contributed by atoms with van der Waals surface area (Å²) >= 11 is 0. The maximum atomic E-state index is 11.9. The number of imide groups is 1. The molecule has 1 unspecified atom stereocenters. The van der Waals surface area contributed by atoms with Crippen LogP contribution in [0.2, 0.25) is 0 Å². The number of hydrogen-bond donors (Lipinski definition) is 3. The predicted octanol–water partition coefficient (Wildman–Crippen LogP) is -0.325. The van der Waals surface area contributed by atoms with Crippen molar-refractivity contribution in [3.05, 3.63) is 0 Å². The molecule has 7 nitrogen and oxygen atoms in total. The van der Waals surface area contributed by atoms with Crippen molar-refractivity contribution in [2.45, 2.75) is 37.8 Å². The van der Waals surface area contributed by atoms with Crippen LogP contribution in [0.15, 0.2) is 0 Å². The number of methoxy groups -OCH3 is 1. The third kappa shape index (κ3) is 6.41. The van der Waals surface area contributed by atoms with Crippen molar-refractivity contribution in [3.8, 4) is 0 Å². The molecule has 1 aliphatic heterocycles. The van der Waals surface area contributed by atoms with Gasteiger partial charge in [-0.25, -0.2) is 4.79 Å². The van der Waals surface area contributed by atoms with Crippen LogP contribution in [-0.4, -0.2) is 68.8 Å². The number of nitrogens with one attached hydrogen (secondary N) is 3. The van der Waals surface area contributed by atoms with E-state index in [0.29, 0.717) is 19.2 Å². The van der Waals surface area contributed by atoms with Gasteiger partial charge in [-0.3, -0.25) is 15.0 Å². The standard InChI is InChI=1S/C14H26N4O3/c1-21-8-7-18(9-12-3-2-6-15-12)10-13(19)17-14(20)16-11-4-5-11/h11-12,15H,2-10H2,1H3,(H2,16,17,19,20). The second kappa shape index (κ2) is 8.31. The summed E-state index contributed by atoms with van der Waals surface area (Å²) in [5.74, 6) is -0.262. The van der Waals surface area contributed by atoms with Crippen molar-refractivity contribution in [2.24, 2.45) is 0 Å². The van der Waals surface area contributed by atoms with Gasteiger partial charge in [0.25, 0.3) is 0 Å². The van der Waals surface area contributed by atoms with Crippen LogP contribution in [0.5, 0.6) is 0 Å². The van der Waals surface area contributed by atoms with Crippen LogP contribution < -0.4 is 16.0 Å². The summed E-state index contributed by atoms with van der Waals surface area (Å²) < 4.78 is 5.09. The van der Waals surface area contributed by atoms with E-state index in [1.54, 1.807) is 7.11 Å². The summed E-state index contributed by atoms with van der Waals surface area (Å²) in [6.45, 7) is 3.33. The van der Waals surface area contributed by atoms with E-state index < -0.39 is 0 Å². The smallest absolute Gasteiger partial charge is 0.321 e. The van der Waals surface area contributed by atoms with E-state index in [2.05, 4.69) is 16.0 Å². The van der Waals surface area contributed by atoms with Crippen LogP contribution in [0, 0.1) is 0 Å². The zero-order valence-corrected chi connectivity index (χ0v) is 12.7. The maximum Gasteiger partial charge on any atom is 0.321 e. The number of ether oxygens (including phenoxy) is 1. The van der Waals surface area contributed by atoms with Crippen LogP contribution in [0.25, 0.3) is 0 Å². The van der Waals surface area contributed by atoms with Crippen LogP contribution in [0.3, 0.4) is 0 Å². The molecule has 0 bridgehead atoms. The SMILES string of the molecule is COCCN(CC(=O)NC(=O)NC1CC1)CC1CCCN1. The molecule has 0 spiro atoms. The predicted molar refractivity (Wildman–Crippen MR) is 79.0 cm³/mol. The third-order valence-electron chi connectivity index (χ3n) is 3.79.